The van der Waals surface area contributed by atoms with Gasteiger partial charge in [-0.2, -0.15) is 18.0 Å². The van der Waals surface area contributed by atoms with E-state index in [-0.39, 0.29) is 12.2 Å². The molecule has 204 valence electrons. The number of carbonyl (C=O) groups excluding carboxylic acids is 1. The predicted octanol–water partition coefficient (Wildman–Crippen LogP) is 5.37. The highest BCUT2D eigenvalue weighted by atomic mass is 19.4. The van der Waals surface area contributed by atoms with Crippen LogP contribution in [-0.4, -0.2) is 62.6 Å². The average Bonchev–Trinajstić information content (AvgIpc) is 3.32. The highest BCUT2D eigenvalue weighted by molar-refractivity contribution is 5.68. The van der Waals surface area contributed by atoms with Crippen molar-refractivity contribution in [1.29, 1.82) is 0 Å². The van der Waals surface area contributed by atoms with Crippen LogP contribution < -0.4 is 0 Å². The van der Waals surface area contributed by atoms with Crippen LogP contribution in [0.4, 0.5) is 18.0 Å². The highest BCUT2D eigenvalue weighted by Crippen LogP contribution is 2.30. The summed E-state index contributed by atoms with van der Waals surface area (Å²) in [5.74, 6) is 0.432. The van der Waals surface area contributed by atoms with Gasteiger partial charge >= 0.3 is 12.3 Å². The Kier molecular flexibility index (Phi) is 8.35. The first-order chi connectivity index (χ1) is 18.0. The summed E-state index contributed by atoms with van der Waals surface area (Å²) in [6.45, 7) is 7.39. The first kappa shape index (κ1) is 27.6. The summed E-state index contributed by atoms with van der Waals surface area (Å²) >= 11 is 0. The molecular weight excluding hydrogens is 499 g/mol. The summed E-state index contributed by atoms with van der Waals surface area (Å²) in [6, 6.07) is 12.6. The van der Waals surface area contributed by atoms with E-state index in [1.807, 2.05) is 45.0 Å². The van der Waals surface area contributed by atoms with Crippen LogP contribution in [0.3, 0.4) is 0 Å². The van der Waals surface area contributed by atoms with Crippen molar-refractivity contribution in [2.24, 2.45) is 0 Å². The molecule has 38 heavy (non-hydrogen) atoms. The topological polar surface area (TPSA) is 82.4 Å². The van der Waals surface area contributed by atoms with Crippen molar-refractivity contribution in [3.05, 3.63) is 65.2 Å². The molecule has 1 atom stereocenters. The molecule has 11 heteroatoms. The zero-order valence-corrected chi connectivity index (χ0v) is 21.7. The largest absolute Gasteiger partial charge is 0.444 e. The molecule has 1 saturated heterocycles. The van der Waals surface area contributed by atoms with Gasteiger partial charge in [-0.05, 0) is 68.5 Å². The monoisotopic (exact) mass is 531 g/mol. The number of aromatic nitrogens is 4. The molecule has 1 unspecified atom stereocenters. The van der Waals surface area contributed by atoms with E-state index in [1.54, 1.807) is 4.90 Å². The number of alkyl halides is 3. The zero-order chi connectivity index (χ0) is 27.3. The molecule has 1 fully saturated rings. The number of benzene rings is 2. The minimum atomic E-state index is -4.36. The lowest BCUT2D eigenvalue weighted by Gasteiger charge is -2.34. The van der Waals surface area contributed by atoms with Gasteiger partial charge in [0.2, 0.25) is 5.82 Å². The van der Waals surface area contributed by atoms with Gasteiger partial charge in [-0.15, -0.1) is 10.2 Å². The lowest BCUT2D eigenvalue weighted by molar-refractivity contribution is -0.137. The van der Waals surface area contributed by atoms with Gasteiger partial charge in [-0.1, -0.05) is 36.4 Å². The summed E-state index contributed by atoms with van der Waals surface area (Å²) in [4.78, 5) is 15.5. The molecule has 1 aromatic heterocycles. The van der Waals surface area contributed by atoms with E-state index < -0.39 is 17.3 Å². The molecular formula is C27H32F3N5O3. The Labute approximate surface area is 219 Å². The van der Waals surface area contributed by atoms with Gasteiger partial charge in [0.1, 0.15) is 5.60 Å². The molecule has 0 radical (unpaired) electrons. The Morgan fingerprint density at radius 1 is 1.08 bits per heavy atom. The Bertz CT molecular complexity index is 1220. The molecule has 3 aromatic rings. The van der Waals surface area contributed by atoms with Crippen LogP contribution >= 0.6 is 0 Å². The van der Waals surface area contributed by atoms with Crippen LogP contribution in [0.25, 0.3) is 11.4 Å². The Balaban J connectivity index is 1.33. The van der Waals surface area contributed by atoms with E-state index in [4.69, 9.17) is 9.47 Å². The van der Waals surface area contributed by atoms with E-state index in [9.17, 15) is 18.0 Å². The molecule has 1 aliphatic heterocycles. The second-order valence-electron chi connectivity index (χ2n) is 10.3. The number of amides is 1. The fraction of sp³-hybridized carbons (Fsp3) is 0.481. The second-order valence-corrected chi connectivity index (χ2v) is 10.3. The molecule has 0 N–H and O–H groups in total. The Hall–Kier alpha value is -3.47. The summed E-state index contributed by atoms with van der Waals surface area (Å²) in [5.41, 5.74) is 1.18. The molecule has 2 heterocycles. The number of rotatable bonds is 7. The SMILES string of the molecule is CC(C)(C)OC(=O)N1CCCC(OCCn2nnc(-c3ccccc3Cc3ccc(C(F)(F)F)cc3)n2)C1. The summed E-state index contributed by atoms with van der Waals surface area (Å²) in [6.07, 6.45) is -2.66. The highest BCUT2D eigenvalue weighted by Gasteiger charge is 2.30. The predicted molar refractivity (Wildman–Crippen MR) is 134 cm³/mol. The van der Waals surface area contributed by atoms with Crippen LogP contribution in [0, 0.1) is 0 Å². The number of hydrogen-bond acceptors (Lipinski definition) is 6. The minimum absolute atomic E-state index is 0.0938. The maximum Gasteiger partial charge on any atom is 0.416 e. The summed E-state index contributed by atoms with van der Waals surface area (Å²) in [7, 11) is 0. The Morgan fingerprint density at radius 2 is 1.82 bits per heavy atom. The van der Waals surface area contributed by atoms with Crippen molar-refractivity contribution in [3.63, 3.8) is 0 Å². The number of hydrogen-bond donors (Lipinski definition) is 0. The first-order valence-corrected chi connectivity index (χ1v) is 12.6. The van der Waals surface area contributed by atoms with E-state index in [1.165, 1.54) is 16.9 Å². The van der Waals surface area contributed by atoms with E-state index in [2.05, 4.69) is 15.4 Å². The Morgan fingerprint density at radius 3 is 2.53 bits per heavy atom. The zero-order valence-electron chi connectivity index (χ0n) is 21.7. The molecule has 0 bridgehead atoms. The quantitative estimate of drug-likeness (QED) is 0.408. The number of halogens is 3. The lowest BCUT2D eigenvalue weighted by Crippen LogP contribution is -2.45. The molecule has 0 saturated carbocycles. The third-order valence-electron chi connectivity index (χ3n) is 6.06. The van der Waals surface area contributed by atoms with Crippen molar-refractivity contribution in [3.8, 4) is 11.4 Å². The molecule has 1 amide bonds. The first-order valence-electron chi connectivity index (χ1n) is 12.6. The van der Waals surface area contributed by atoms with Gasteiger partial charge in [-0.3, -0.25) is 0 Å². The second kappa shape index (κ2) is 11.5. The fourth-order valence-electron chi connectivity index (χ4n) is 4.24. The molecule has 2 aromatic carbocycles. The maximum absolute atomic E-state index is 12.9. The fourth-order valence-corrected chi connectivity index (χ4v) is 4.24. The number of tetrazole rings is 1. The molecule has 8 nitrogen and oxygen atoms in total. The smallest absolute Gasteiger partial charge is 0.416 e. The number of nitrogens with zero attached hydrogens (tertiary/aromatic N) is 5. The van der Waals surface area contributed by atoms with Crippen molar-refractivity contribution in [1.82, 2.24) is 25.1 Å². The molecule has 4 rings (SSSR count). The summed E-state index contributed by atoms with van der Waals surface area (Å²) in [5, 5.41) is 12.8. The van der Waals surface area contributed by atoms with Crippen LogP contribution in [0.15, 0.2) is 48.5 Å². The van der Waals surface area contributed by atoms with Gasteiger partial charge < -0.3 is 14.4 Å². The van der Waals surface area contributed by atoms with Crippen LogP contribution in [0.5, 0.6) is 0 Å². The third kappa shape index (κ3) is 7.53. The number of piperidine rings is 1. The van der Waals surface area contributed by atoms with Crippen molar-refractivity contribution < 1.29 is 27.4 Å². The minimum Gasteiger partial charge on any atom is -0.444 e. The number of ether oxygens (including phenoxy) is 2. The van der Waals surface area contributed by atoms with E-state index in [0.717, 1.165) is 41.7 Å². The summed E-state index contributed by atoms with van der Waals surface area (Å²) < 4.78 is 50.1. The van der Waals surface area contributed by atoms with Gasteiger partial charge in [-0.25, -0.2) is 4.79 Å². The van der Waals surface area contributed by atoms with Crippen molar-refractivity contribution >= 4 is 6.09 Å². The van der Waals surface area contributed by atoms with E-state index in [0.29, 0.717) is 38.5 Å². The van der Waals surface area contributed by atoms with Crippen molar-refractivity contribution in [2.45, 2.75) is 64.5 Å². The maximum atomic E-state index is 12.9. The van der Waals surface area contributed by atoms with E-state index >= 15 is 0 Å². The van der Waals surface area contributed by atoms with Crippen LogP contribution in [0.1, 0.15) is 50.3 Å². The normalized spacial score (nSPS) is 16.5. The van der Waals surface area contributed by atoms with Gasteiger partial charge in [0.25, 0.3) is 0 Å². The van der Waals surface area contributed by atoms with Gasteiger partial charge in [0.05, 0.1) is 31.4 Å². The number of carbonyl (C=O) groups is 1. The van der Waals surface area contributed by atoms with Gasteiger partial charge in [0, 0.05) is 12.1 Å². The average molecular weight is 532 g/mol. The lowest BCUT2D eigenvalue weighted by atomic mass is 9.98. The van der Waals surface area contributed by atoms with Crippen LogP contribution in [0.2, 0.25) is 0 Å². The molecule has 0 spiro atoms. The van der Waals surface area contributed by atoms with Gasteiger partial charge in [0.15, 0.2) is 0 Å². The third-order valence-corrected chi connectivity index (χ3v) is 6.06. The molecule has 0 aliphatic carbocycles. The van der Waals surface area contributed by atoms with Crippen molar-refractivity contribution in [2.75, 3.05) is 19.7 Å². The molecule has 1 aliphatic rings. The number of likely N-dealkylation sites (tertiary alicyclic amines) is 1. The standard InChI is InChI=1S/C27H32F3N5O3/c1-26(2,3)38-25(36)34-14-6-8-22(18-34)37-16-15-35-32-24(31-33-35)23-9-5-4-7-20(23)17-19-10-12-21(13-11-19)27(28,29)30/h4-5,7,9-13,22H,6,8,14-18H2,1-3H3. The van der Waals surface area contributed by atoms with Crippen LogP contribution in [-0.2, 0) is 28.6 Å².